The highest BCUT2D eigenvalue weighted by atomic mass is 16.5. The van der Waals surface area contributed by atoms with Gasteiger partial charge in [0.15, 0.2) is 0 Å². The van der Waals surface area contributed by atoms with E-state index in [9.17, 15) is 0 Å². The minimum absolute atomic E-state index is 0.120. The van der Waals surface area contributed by atoms with E-state index < -0.39 is 0 Å². The molecule has 1 aliphatic rings. The van der Waals surface area contributed by atoms with Crippen LogP contribution in [0.4, 0.5) is 0 Å². The normalized spacial score (nSPS) is 20.6. The third kappa shape index (κ3) is 4.22. The summed E-state index contributed by atoms with van der Waals surface area (Å²) in [6.45, 7) is 11.1. The first-order valence-electron chi connectivity index (χ1n) is 7.57. The van der Waals surface area contributed by atoms with Gasteiger partial charge in [-0.3, -0.25) is 0 Å². The van der Waals surface area contributed by atoms with E-state index in [1.165, 1.54) is 5.56 Å². The summed E-state index contributed by atoms with van der Waals surface area (Å²) in [7, 11) is 0. The number of ether oxygens (including phenoxy) is 2. The van der Waals surface area contributed by atoms with E-state index in [1.807, 2.05) is 6.07 Å². The minimum atomic E-state index is -0.120. The second-order valence-electron chi connectivity index (χ2n) is 6.58. The van der Waals surface area contributed by atoms with Crippen LogP contribution in [0.3, 0.4) is 0 Å². The Bertz CT molecular complexity index is 429. The van der Waals surface area contributed by atoms with Gasteiger partial charge >= 0.3 is 0 Å². The van der Waals surface area contributed by atoms with Crippen molar-refractivity contribution in [2.24, 2.45) is 5.92 Å². The second kappa shape index (κ2) is 6.59. The molecule has 112 valence electrons. The highest BCUT2D eigenvalue weighted by molar-refractivity contribution is 5.38. The number of para-hydroxylation sites is 1. The zero-order valence-corrected chi connectivity index (χ0v) is 13.1. The van der Waals surface area contributed by atoms with E-state index >= 15 is 0 Å². The fourth-order valence-corrected chi connectivity index (χ4v) is 2.61. The molecule has 1 aromatic carbocycles. The number of hydrogen-bond acceptors (Lipinski definition) is 3. The predicted octanol–water partition coefficient (Wildman–Crippen LogP) is 3.55. The molecule has 1 aromatic rings. The Labute approximate surface area is 122 Å². The summed E-state index contributed by atoms with van der Waals surface area (Å²) in [5, 5.41) is 3.60. The first kappa shape index (κ1) is 15.3. The van der Waals surface area contributed by atoms with Gasteiger partial charge in [0.2, 0.25) is 0 Å². The summed E-state index contributed by atoms with van der Waals surface area (Å²) >= 11 is 0. The van der Waals surface area contributed by atoms with Crippen molar-refractivity contribution in [2.75, 3.05) is 19.8 Å². The van der Waals surface area contributed by atoms with Gasteiger partial charge in [-0.2, -0.15) is 0 Å². The molecule has 2 rings (SSSR count). The summed E-state index contributed by atoms with van der Waals surface area (Å²) in [5.74, 6) is 1.60. The quantitative estimate of drug-likeness (QED) is 0.807. The van der Waals surface area contributed by atoms with E-state index in [1.54, 1.807) is 0 Å². The Morgan fingerprint density at radius 1 is 1.35 bits per heavy atom. The van der Waals surface area contributed by atoms with E-state index in [0.717, 1.165) is 31.9 Å². The van der Waals surface area contributed by atoms with Crippen molar-refractivity contribution in [3.05, 3.63) is 29.8 Å². The maximum absolute atomic E-state index is 6.04. The summed E-state index contributed by atoms with van der Waals surface area (Å²) < 4.78 is 11.7. The monoisotopic (exact) mass is 277 g/mol. The molecule has 1 unspecified atom stereocenters. The first-order valence-corrected chi connectivity index (χ1v) is 7.57. The smallest absolute Gasteiger partial charge is 0.124 e. The summed E-state index contributed by atoms with van der Waals surface area (Å²) in [4.78, 5) is 0. The topological polar surface area (TPSA) is 30.5 Å². The highest BCUT2D eigenvalue weighted by Gasteiger charge is 2.32. The third-order valence-electron chi connectivity index (χ3n) is 3.46. The molecule has 0 bridgehead atoms. The lowest BCUT2D eigenvalue weighted by Gasteiger charge is -2.38. The van der Waals surface area contributed by atoms with Crippen molar-refractivity contribution in [1.82, 2.24) is 5.32 Å². The fourth-order valence-electron chi connectivity index (χ4n) is 2.61. The molecule has 3 heteroatoms. The molecule has 0 amide bonds. The molecule has 0 saturated carbocycles. The Hall–Kier alpha value is -1.06. The SMILES string of the molecule is CC(C)COCCNC1CC(C)(C)Oc2ccccc21. The first-order chi connectivity index (χ1) is 9.48. The highest BCUT2D eigenvalue weighted by Crippen LogP contribution is 2.38. The van der Waals surface area contributed by atoms with Gasteiger partial charge < -0.3 is 14.8 Å². The fraction of sp³-hybridized carbons (Fsp3) is 0.647. The average molecular weight is 277 g/mol. The summed E-state index contributed by atoms with van der Waals surface area (Å²) in [6.07, 6.45) is 0.980. The van der Waals surface area contributed by atoms with Gasteiger partial charge in [-0.25, -0.2) is 0 Å². The predicted molar refractivity (Wildman–Crippen MR) is 82.2 cm³/mol. The summed E-state index contributed by atoms with van der Waals surface area (Å²) in [6, 6.07) is 8.66. The van der Waals surface area contributed by atoms with Crippen molar-refractivity contribution in [1.29, 1.82) is 0 Å². The Balaban J connectivity index is 1.90. The average Bonchev–Trinajstić information content (AvgIpc) is 2.36. The molecule has 0 saturated heterocycles. The van der Waals surface area contributed by atoms with Gasteiger partial charge in [0.1, 0.15) is 11.4 Å². The van der Waals surface area contributed by atoms with Crippen LogP contribution in [0.5, 0.6) is 5.75 Å². The molecule has 3 nitrogen and oxygen atoms in total. The number of benzene rings is 1. The molecular weight excluding hydrogens is 250 g/mol. The van der Waals surface area contributed by atoms with E-state index in [-0.39, 0.29) is 5.60 Å². The standard InChI is InChI=1S/C17H27NO2/c1-13(2)12-19-10-9-18-15-11-17(3,4)20-16-8-6-5-7-14(15)16/h5-8,13,15,18H,9-12H2,1-4H3. The maximum atomic E-state index is 6.04. The largest absolute Gasteiger partial charge is 0.487 e. The lowest BCUT2D eigenvalue weighted by Crippen LogP contribution is -2.40. The van der Waals surface area contributed by atoms with E-state index in [2.05, 4.69) is 51.2 Å². The number of hydrogen-bond donors (Lipinski definition) is 1. The number of fused-ring (bicyclic) bond motifs is 1. The lowest BCUT2D eigenvalue weighted by molar-refractivity contribution is 0.0613. The maximum Gasteiger partial charge on any atom is 0.124 e. The van der Waals surface area contributed by atoms with Crippen LogP contribution < -0.4 is 10.1 Å². The third-order valence-corrected chi connectivity index (χ3v) is 3.46. The second-order valence-corrected chi connectivity index (χ2v) is 6.58. The van der Waals surface area contributed by atoms with Crippen molar-refractivity contribution >= 4 is 0 Å². The molecular formula is C17H27NO2. The van der Waals surface area contributed by atoms with Crippen LogP contribution in [0.1, 0.15) is 45.7 Å². The zero-order chi connectivity index (χ0) is 14.6. The van der Waals surface area contributed by atoms with Crippen molar-refractivity contribution in [3.63, 3.8) is 0 Å². The molecule has 1 N–H and O–H groups in total. The van der Waals surface area contributed by atoms with Crippen LogP contribution in [0.2, 0.25) is 0 Å². The van der Waals surface area contributed by atoms with Crippen molar-refractivity contribution in [3.8, 4) is 5.75 Å². The Morgan fingerprint density at radius 2 is 2.10 bits per heavy atom. The zero-order valence-electron chi connectivity index (χ0n) is 13.1. The molecule has 1 aliphatic heterocycles. The molecule has 1 heterocycles. The van der Waals surface area contributed by atoms with Crippen LogP contribution in [0.25, 0.3) is 0 Å². The number of rotatable bonds is 6. The van der Waals surface area contributed by atoms with Gasteiger partial charge in [-0.1, -0.05) is 32.0 Å². The summed E-state index contributed by atoms with van der Waals surface area (Å²) in [5.41, 5.74) is 1.14. The molecule has 0 fully saturated rings. The minimum Gasteiger partial charge on any atom is -0.487 e. The molecule has 0 spiro atoms. The van der Waals surface area contributed by atoms with Crippen LogP contribution in [0.15, 0.2) is 24.3 Å². The van der Waals surface area contributed by atoms with Gasteiger partial charge in [-0.05, 0) is 25.8 Å². The molecule has 0 aliphatic carbocycles. The van der Waals surface area contributed by atoms with Crippen LogP contribution in [0, 0.1) is 5.92 Å². The van der Waals surface area contributed by atoms with E-state index in [0.29, 0.717) is 12.0 Å². The van der Waals surface area contributed by atoms with Crippen molar-refractivity contribution in [2.45, 2.75) is 45.8 Å². The van der Waals surface area contributed by atoms with Crippen molar-refractivity contribution < 1.29 is 9.47 Å². The van der Waals surface area contributed by atoms with Gasteiger partial charge in [0.05, 0.1) is 6.61 Å². The van der Waals surface area contributed by atoms with Gasteiger partial charge in [-0.15, -0.1) is 0 Å². The molecule has 0 aromatic heterocycles. The molecule has 20 heavy (non-hydrogen) atoms. The Morgan fingerprint density at radius 3 is 2.85 bits per heavy atom. The lowest BCUT2D eigenvalue weighted by atomic mass is 9.90. The van der Waals surface area contributed by atoms with E-state index in [4.69, 9.17) is 9.47 Å². The van der Waals surface area contributed by atoms with Gasteiger partial charge in [0, 0.05) is 31.2 Å². The Kier molecular flexibility index (Phi) is 5.06. The number of nitrogens with one attached hydrogen (secondary N) is 1. The molecule has 0 radical (unpaired) electrons. The van der Waals surface area contributed by atoms with Crippen LogP contribution in [-0.2, 0) is 4.74 Å². The van der Waals surface area contributed by atoms with Crippen LogP contribution in [-0.4, -0.2) is 25.4 Å². The molecule has 1 atom stereocenters. The van der Waals surface area contributed by atoms with Gasteiger partial charge in [0.25, 0.3) is 0 Å². The van der Waals surface area contributed by atoms with Crippen LogP contribution >= 0.6 is 0 Å².